The maximum atomic E-state index is 11.4. The molecule has 1 aliphatic heterocycles. The lowest BCUT2D eigenvalue weighted by Crippen LogP contribution is -2.37. The van der Waals surface area contributed by atoms with Gasteiger partial charge in [0.05, 0.1) is 25.7 Å². The van der Waals surface area contributed by atoms with Crippen LogP contribution in [0.4, 0.5) is 5.13 Å². The zero-order valence-electron chi connectivity index (χ0n) is 16.7. The Morgan fingerprint density at radius 3 is 2.79 bits per heavy atom. The molecule has 0 radical (unpaired) electrons. The third-order valence-electron chi connectivity index (χ3n) is 5.50. The van der Waals surface area contributed by atoms with Crippen molar-refractivity contribution in [1.82, 2.24) is 9.71 Å². The number of benzene rings is 1. The summed E-state index contributed by atoms with van der Waals surface area (Å²) in [7, 11) is -1.46. The van der Waals surface area contributed by atoms with Gasteiger partial charge in [0, 0.05) is 29.4 Å². The van der Waals surface area contributed by atoms with Gasteiger partial charge < -0.3 is 14.8 Å². The SMILES string of the molecule is COc1ccc2c(c1)-c1nc(NCC3CCC(NS(C)(=O)=O)CC3)sc1CCO2. The van der Waals surface area contributed by atoms with Gasteiger partial charge in [-0.15, -0.1) is 11.3 Å². The Morgan fingerprint density at radius 2 is 2.07 bits per heavy atom. The Hall–Kier alpha value is -1.84. The highest BCUT2D eigenvalue weighted by molar-refractivity contribution is 7.88. The Morgan fingerprint density at radius 1 is 1.28 bits per heavy atom. The standard InChI is InChI=1S/C20H27N3O4S2/c1-26-15-7-8-17-16(11-15)19-18(9-10-27-17)28-20(22-19)21-12-13-3-5-14(6-4-13)23-29(2,24)25/h7-8,11,13-14,23H,3-6,9-10,12H2,1-2H3,(H,21,22). The number of hydrogen-bond acceptors (Lipinski definition) is 7. The van der Waals surface area contributed by atoms with Crippen molar-refractivity contribution in [2.45, 2.75) is 38.1 Å². The maximum absolute atomic E-state index is 11.4. The average Bonchev–Trinajstić information content (AvgIpc) is 3.02. The molecule has 0 bridgehead atoms. The smallest absolute Gasteiger partial charge is 0.208 e. The lowest BCUT2D eigenvalue weighted by molar-refractivity contribution is 0.324. The van der Waals surface area contributed by atoms with Crippen LogP contribution in [0.1, 0.15) is 30.6 Å². The number of aromatic nitrogens is 1. The molecule has 2 aliphatic rings. The van der Waals surface area contributed by atoms with Gasteiger partial charge >= 0.3 is 0 Å². The molecule has 1 saturated carbocycles. The number of nitrogens with one attached hydrogen (secondary N) is 2. The molecule has 29 heavy (non-hydrogen) atoms. The number of methoxy groups -OCH3 is 1. The molecule has 1 aromatic carbocycles. The van der Waals surface area contributed by atoms with Crippen molar-refractivity contribution in [3.63, 3.8) is 0 Å². The van der Waals surface area contributed by atoms with Crippen molar-refractivity contribution in [2.75, 3.05) is 31.8 Å². The number of rotatable bonds is 6. The molecule has 1 aliphatic carbocycles. The molecule has 2 aromatic rings. The number of thiazole rings is 1. The van der Waals surface area contributed by atoms with Crippen molar-refractivity contribution < 1.29 is 17.9 Å². The molecule has 4 rings (SSSR count). The third kappa shape index (κ3) is 5.02. The van der Waals surface area contributed by atoms with Crippen molar-refractivity contribution >= 4 is 26.5 Å². The molecule has 158 valence electrons. The number of ether oxygens (including phenoxy) is 2. The Bertz CT molecular complexity index is 966. The van der Waals surface area contributed by atoms with Crippen LogP contribution >= 0.6 is 11.3 Å². The van der Waals surface area contributed by atoms with E-state index >= 15 is 0 Å². The fraction of sp³-hybridized carbons (Fsp3) is 0.550. The molecule has 0 amide bonds. The first-order chi connectivity index (χ1) is 13.9. The lowest BCUT2D eigenvalue weighted by atomic mass is 9.86. The molecule has 9 heteroatoms. The first-order valence-electron chi connectivity index (χ1n) is 9.93. The predicted molar refractivity (Wildman–Crippen MR) is 116 cm³/mol. The molecule has 1 aromatic heterocycles. The minimum atomic E-state index is -3.12. The first kappa shape index (κ1) is 20.4. The van der Waals surface area contributed by atoms with Gasteiger partial charge in [0.2, 0.25) is 10.0 Å². The Kier molecular flexibility index (Phi) is 5.98. The van der Waals surface area contributed by atoms with E-state index in [1.165, 1.54) is 11.1 Å². The summed E-state index contributed by atoms with van der Waals surface area (Å²) in [5, 5.41) is 4.44. The van der Waals surface area contributed by atoms with Crippen LogP contribution in [0, 0.1) is 5.92 Å². The first-order valence-corrected chi connectivity index (χ1v) is 12.6. The fourth-order valence-electron chi connectivity index (χ4n) is 4.03. The average molecular weight is 438 g/mol. The van der Waals surface area contributed by atoms with Crippen LogP contribution in [0.3, 0.4) is 0 Å². The minimum absolute atomic E-state index is 0.0728. The van der Waals surface area contributed by atoms with Gasteiger partial charge in [-0.3, -0.25) is 0 Å². The van der Waals surface area contributed by atoms with E-state index in [-0.39, 0.29) is 6.04 Å². The summed E-state index contributed by atoms with van der Waals surface area (Å²) < 4.78 is 36.8. The molecule has 2 N–H and O–H groups in total. The van der Waals surface area contributed by atoms with E-state index in [2.05, 4.69) is 10.0 Å². The summed E-state index contributed by atoms with van der Waals surface area (Å²) in [6.45, 7) is 1.50. The zero-order valence-corrected chi connectivity index (χ0v) is 18.4. The zero-order chi connectivity index (χ0) is 20.4. The lowest BCUT2D eigenvalue weighted by Gasteiger charge is -2.28. The van der Waals surface area contributed by atoms with Crippen LogP contribution in [0.25, 0.3) is 11.3 Å². The van der Waals surface area contributed by atoms with E-state index in [1.807, 2.05) is 18.2 Å². The Balaban J connectivity index is 1.40. The highest BCUT2D eigenvalue weighted by Gasteiger charge is 2.24. The fourth-order valence-corrected chi connectivity index (χ4v) is 5.83. The summed E-state index contributed by atoms with van der Waals surface area (Å²) in [6, 6.07) is 5.91. The number of fused-ring (bicyclic) bond motifs is 3. The van der Waals surface area contributed by atoms with E-state index < -0.39 is 10.0 Å². The van der Waals surface area contributed by atoms with E-state index in [0.717, 1.165) is 66.5 Å². The largest absolute Gasteiger partial charge is 0.497 e. The van der Waals surface area contributed by atoms with Crippen LogP contribution in [-0.2, 0) is 16.4 Å². The number of nitrogens with zero attached hydrogens (tertiary/aromatic N) is 1. The molecular weight excluding hydrogens is 410 g/mol. The molecular formula is C20H27N3O4S2. The van der Waals surface area contributed by atoms with Crippen LogP contribution < -0.4 is 19.5 Å². The second-order valence-electron chi connectivity index (χ2n) is 7.74. The predicted octanol–water partition coefficient (Wildman–Crippen LogP) is 3.27. The van der Waals surface area contributed by atoms with E-state index in [1.54, 1.807) is 18.4 Å². The summed E-state index contributed by atoms with van der Waals surface area (Å²) in [4.78, 5) is 6.08. The topological polar surface area (TPSA) is 89.5 Å². The summed E-state index contributed by atoms with van der Waals surface area (Å²) >= 11 is 1.69. The van der Waals surface area contributed by atoms with Gasteiger partial charge in [-0.2, -0.15) is 0 Å². The number of sulfonamides is 1. The molecule has 0 unspecified atom stereocenters. The van der Waals surface area contributed by atoms with E-state index in [4.69, 9.17) is 14.5 Å². The molecule has 7 nitrogen and oxygen atoms in total. The van der Waals surface area contributed by atoms with Gasteiger partial charge in [-0.25, -0.2) is 18.1 Å². The van der Waals surface area contributed by atoms with Crippen molar-refractivity contribution in [3.8, 4) is 22.8 Å². The second kappa shape index (κ2) is 8.49. The van der Waals surface area contributed by atoms with Crippen LogP contribution in [0.2, 0.25) is 0 Å². The molecule has 2 heterocycles. The van der Waals surface area contributed by atoms with Gasteiger partial charge in [0.15, 0.2) is 5.13 Å². The normalized spacial score (nSPS) is 21.4. The van der Waals surface area contributed by atoms with Crippen LogP contribution in [0.5, 0.6) is 11.5 Å². The van der Waals surface area contributed by atoms with Crippen molar-refractivity contribution in [2.24, 2.45) is 5.92 Å². The molecule has 0 spiro atoms. The molecule has 0 saturated heterocycles. The summed E-state index contributed by atoms with van der Waals surface area (Å²) in [5.41, 5.74) is 1.96. The van der Waals surface area contributed by atoms with Crippen LogP contribution in [-0.4, -0.2) is 46.0 Å². The quantitative estimate of drug-likeness (QED) is 0.721. The third-order valence-corrected chi connectivity index (χ3v) is 7.33. The van der Waals surface area contributed by atoms with Crippen molar-refractivity contribution in [1.29, 1.82) is 0 Å². The van der Waals surface area contributed by atoms with E-state index in [9.17, 15) is 8.42 Å². The molecule has 1 fully saturated rings. The van der Waals surface area contributed by atoms with Gasteiger partial charge in [0.1, 0.15) is 11.5 Å². The second-order valence-corrected chi connectivity index (χ2v) is 10.6. The number of anilines is 1. The summed E-state index contributed by atoms with van der Waals surface area (Å²) in [5.74, 6) is 2.17. The molecule has 0 atom stereocenters. The Labute approximate surface area is 175 Å². The maximum Gasteiger partial charge on any atom is 0.208 e. The highest BCUT2D eigenvalue weighted by atomic mass is 32.2. The van der Waals surface area contributed by atoms with Gasteiger partial charge in [0.25, 0.3) is 0 Å². The monoisotopic (exact) mass is 437 g/mol. The minimum Gasteiger partial charge on any atom is -0.497 e. The van der Waals surface area contributed by atoms with Crippen molar-refractivity contribution in [3.05, 3.63) is 23.1 Å². The van der Waals surface area contributed by atoms with Gasteiger partial charge in [-0.1, -0.05) is 0 Å². The van der Waals surface area contributed by atoms with Gasteiger partial charge in [-0.05, 0) is 49.8 Å². The van der Waals surface area contributed by atoms with Crippen LogP contribution in [0.15, 0.2) is 18.2 Å². The van der Waals surface area contributed by atoms with E-state index in [0.29, 0.717) is 12.5 Å². The summed E-state index contributed by atoms with van der Waals surface area (Å²) in [6.07, 6.45) is 5.87. The number of hydrogen-bond donors (Lipinski definition) is 2. The highest BCUT2D eigenvalue weighted by Crippen LogP contribution is 2.40.